The first kappa shape index (κ1) is 13.6. The normalized spacial score (nSPS) is 14.3. The van der Waals surface area contributed by atoms with Gasteiger partial charge < -0.3 is 14.4 Å². The predicted octanol–water partition coefficient (Wildman–Crippen LogP) is 2.17. The van der Waals surface area contributed by atoms with Gasteiger partial charge in [0.2, 0.25) is 0 Å². The average Bonchev–Trinajstić information content (AvgIpc) is 3.22. The summed E-state index contributed by atoms with van der Waals surface area (Å²) < 4.78 is 6.69. The van der Waals surface area contributed by atoms with E-state index in [9.17, 15) is 14.7 Å². The van der Waals surface area contributed by atoms with Gasteiger partial charge in [-0.3, -0.25) is 4.79 Å². The molecule has 0 amide bonds. The number of carboxylic acid groups (broad SMARTS) is 1. The monoisotopic (exact) mass is 288 g/mol. The summed E-state index contributed by atoms with van der Waals surface area (Å²) in [5.41, 5.74) is 1.28. The first-order valence-electron chi connectivity index (χ1n) is 7.00. The molecule has 2 aromatic rings. The van der Waals surface area contributed by atoms with Crippen molar-refractivity contribution in [1.29, 1.82) is 0 Å². The van der Waals surface area contributed by atoms with Gasteiger partial charge >= 0.3 is 11.9 Å². The van der Waals surface area contributed by atoms with Gasteiger partial charge in [0, 0.05) is 5.92 Å². The number of hydrogen-bond donors (Lipinski definition) is 1. The summed E-state index contributed by atoms with van der Waals surface area (Å²) in [5, 5.41) is 9.35. The van der Waals surface area contributed by atoms with Crippen molar-refractivity contribution in [3.63, 3.8) is 0 Å². The Morgan fingerprint density at radius 3 is 2.81 bits per heavy atom. The van der Waals surface area contributed by atoms with Crippen LogP contribution in [0.25, 0.3) is 11.0 Å². The molecule has 1 aromatic heterocycles. The predicted molar refractivity (Wildman–Crippen MR) is 75.3 cm³/mol. The van der Waals surface area contributed by atoms with Crippen LogP contribution >= 0.6 is 0 Å². The summed E-state index contributed by atoms with van der Waals surface area (Å²) in [6, 6.07) is 4.98. The molecule has 1 saturated carbocycles. The highest BCUT2D eigenvalue weighted by molar-refractivity contribution is 6.01. The van der Waals surface area contributed by atoms with Crippen LogP contribution in [-0.2, 0) is 16.1 Å². The van der Waals surface area contributed by atoms with E-state index in [1.165, 1.54) is 6.07 Å². The molecule has 1 aliphatic carbocycles. The Bertz CT molecular complexity index is 716. The van der Waals surface area contributed by atoms with Gasteiger partial charge in [-0.25, -0.2) is 9.78 Å². The summed E-state index contributed by atoms with van der Waals surface area (Å²) in [7, 11) is 0. The maximum atomic E-state index is 11.8. The van der Waals surface area contributed by atoms with E-state index < -0.39 is 5.97 Å². The number of hydrogen-bond acceptors (Lipinski definition) is 4. The quantitative estimate of drug-likeness (QED) is 0.853. The Hall–Kier alpha value is -2.37. The summed E-state index contributed by atoms with van der Waals surface area (Å²) in [6.07, 6.45) is 2.04. The molecule has 1 aliphatic rings. The SMILES string of the molecule is CCOC(=O)Cn1c(C2CC2)nc2cccc(C(=O)O)c21. The van der Waals surface area contributed by atoms with Crippen LogP contribution in [0.1, 0.15) is 41.9 Å². The molecule has 6 heteroatoms. The smallest absolute Gasteiger partial charge is 0.337 e. The van der Waals surface area contributed by atoms with E-state index in [1.54, 1.807) is 23.6 Å². The Morgan fingerprint density at radius 1 is 1.43 bits per heavy atom. The van der Waals surface area contributed by atoms with Crippen LogP contribution in [0, 0.1) is 0 Å². The number of nitrogens with zero attached hydrogens (tertiary/aromatic N) is 2. The number of carbonyl (C=O) groups excluding carboxylic acids is 1. The van der Waals surface area contributed by atoms with E-state index in [1.807, 2.05) is 0 Å². The minimum absolute atomic E-state index is 0.000463. The van der Waals surface area contributed by atoms with Gasteiger partial charge in [-0.15, -0.1) is 0 Å². The molecule has 0 radical (unpaired) electrons. The lowest BCUT2D eigenvalue weighted by atomic mass is 10.2. The van der Waals surface area contributed by atoms with Gasteiger partial charge in [-0.2, -0.15) is 0 Å². The molecule has 1 fully saturated rings. The van der Waals surface area contributed by atoms with Crippen LogP contribution < -0.4 is 0 Å². The fourth-order valence-corrected chi connectivity index (χ4v) is 2.53. The van der Waals surface area contributed by atoms with Crippen molar-refractivity contribution in [2.45, 2.75) is 32.2 Å². The zero-order valence-electron chi connectivity index (χ0n) is 11.7. The van der Waals surface area contributed by atoms with Crippen molar-refractivity contribution >= 4 is 23.0 Å². The van der Waals surface area contributed by atoms with Crippen LogP contribution in [0.3, 0.4) is 0 Å². The van der Waals surface area contributed by atoms with E-state index in [2.05, 4.69) is 4.98 Å². The highest BCUT2D eigenvalue weighted by atomic mass is 16.5. The lowest BCUT2D eigenvalue weighted by Gasteiger charge is -2.09. The van der Waals surface area contributed by atoms with Crippen molar-refractivity contribution < 1.29 is 19.4 Å². The Kier molecular flexibility index (Phi) is 3.37. The number of benzene rings is 1. The Balaban J connectivity index is 2.15. The van der Waals surface area contributed by atoms with Crippen LogP contribution in [0.4, 0.5) is 0 Å². The number of imidazole rings is 1. The van der Waals surface area contributed by atoms with Gasteiger partial charge in [0.1, 0.15) is 12.4 Å². The number of ether oxygens (including phenoxy) is 1. The fourth-order valence-electron chi connectivity index (χ4n) is 2.53. The third-order valence-corrected chi connectivity index (χ3v) is 3.56. The lowest BCUT2D eigenvalue weighted by Crippen LogP contribution is -2.16. The summed E-state index contributed by atoms with van der Waals surface area (Å²) in [6.45, 7) is 2.05. The number of aromatic nitrogens is 2. The fraction of sp³-hybridized carbons (Fsp3) is 0.400. The van der Waals surface area contributed by atoms with Gasteiger partial charge in [-0.05, 0) is 31.9 Å². The molecule has 0 saturated heterocycles. The van der Waals surface area contributed by atoms with E-state index in [4.69, 9.17) is 4.74 Å². The molecule has 1 aromatic carbocycles. The molecule has 21 heavy (non-hydrogen) atoms. The molecule has 0 spiro atoms. The molecule has 1 N–H and O–H groups in total. The van der Waals surface area contributed by atoms with Crippen LogP contribution in [-0.4, -0.2) is 33.2 Å². The minimum Gasteiger partial charge on any atom is -0.478 e. The minimum atomic E-state index is -1.02. The first-order valence-corrected chi connectivity index (χ1v) is 7.00. The number of esters is 1. The third-order valence-electron chi connectivity index (χ3n) is 3.56. The number of fused-ring (bicyclic) bond motifs is 1. The second kappa shape index (κ2) is 5.20. The lowest BCUT2D eigenvalue weighted by molar-refractivity contribution is -0.143. The van der Waals surface area contributed by atoms with Crippen LogP contribution in [0.5, 0.6) is 0 Å². The molecule has 0 unspecified atom stereocenters. The van der Waals surface area contributed by atoms with Crippen molar-refractivity contribution in [3.05, 3.63) is 29.6 Å². The molecule has 0 atom stereocenters. The first-order chi connectivity index (χ1) is 10.1. The van der Waals surface area contributed by atoms with E-state index in [0.29, 0.717) is 23.6 Å². The molecule has 110 valence electrons. The molecular formula is C15H16N2O4. The zero-order chi connectivity index (χ0) is 15.0. The van der Waals surface area contributed by atoms with Crippen molar-refractivity contribution in [2.24, 2.45) is 0 Å². The topological polar surface area (TPSA) is 81.4 Å². The summed E-state index contributed by atoms with van der Waals surface area (Å²) in [4.78, 5) is 27.8. The van der Waals surface area contributed by atoms with Crippen molar-refractivity contribution in [2.75, 3.05) is 6.61 Å². The number of carbonyl (C=O) groups is 2. The zero-order valence-corrected chi connectivity index (χ0v) is 11.7. The Morgan fingerprint density at radius 2 is 2.19 bits per heavy atom. The number of carboxylic acids is 1. The third kappa shape index (κ3) is 2.49. The maximum absolute atomic E-state index is 11.8. The second-order valence-corrected chi connectivity index (χ2v) is 5.11. The molecule has 0 bridgehead atoms. The highest BCUT2D eigenvalue weighted by Crippen LogP contribution is 2.41. The van der Waals surface area contributed by atoms with E-state index in [0.717, 1.165) is 18.7 Å². The van der Waals surface area contributed by atoms with Gasteiger partial charge in [0.05, 0.1) is 23.2 Å². The number of para-hydroxylation sites is 1. The van der Waals surface area contributed by atoms with Crippen molar-refractivity contribution in [3.8, 4) is 0 Å². The number of aromatic carboxylic acids is 1. The summed E-state index contributed by atoms with van der Waals surface area (Å²) >= 11 is 0. The number of rotatable bonds is 5. The standard InChI is InChI=1S/C15H16N2O4/c1-2-21-12(18)8-17-13-10(15(19)20)4-3-5-11(13)16-14(17)9-6-7-9/h3-5,9H,2,6-8H2,1H3,(H,19,20). The second-order valence-electron chi connectivity index (χ2n) is 5.11. The van der Waals surface area contributed by atoms with Crippen LogP contribution in [0.15, 0.2) is 18.2 Å². The molecular weight excluding hydrogens is 272 g/mol. The van der Waals surface area contributed by atoms with Crippen LogP contribution in [0.2, 0.25) is 0 Å². The largest absolute Gasteiger partial charge is 0.478 e. The highest BCUT2D eigenvalue weighted by Gasteiger charge is 2.31. The van der Waals surface area contributed by atoms with E-state index in [-0.39, 0.29) is 18.1 Å². The van der Waals surface area contributed by atoms with Gasteiger partial charge in [-0.1, -0.05) is 6.07 Å². The van der Waals surface area contributed by atoms with Gasteiger partial charge in [0.15, 0.2) is 0 Å². The molecule has 1 heterocycles. The maximum Gasteiger partial charge on any atom is 0.337 e. The van der Waals surface area contributed by atoms with E-state index >= 15 is 0 Å². The molecule has 6 nitrogen and oxygen atoms in total. The molecule has 3 rings (SSSR count). The average molecular weight is 288 g/mol. The summed E-state index contributed by atoms with van der Waals surface area (Å²) in [5.74, 6) is -0.299. The van der Waals surface area contributed by atoms with Crippen molar-refractivity contribution in [1.82, 2.24) is 9.55 Å². The molecule has 0 aliphatic heterocycles. The Labute approximate surface area is 121 Å². The van der Waals surface area contributed by atoms with Gasteiger partial charge in [0.25, 0.3) is 0 Å².